The quantitative estimate of drug-likeness (QED) is 0.865. The topological polar surface area (TPSA) is 55.2 Å². The first-order chi connectivity index (χ1) is 11.0. The average molecular weight is 332 g/mol. The SMILES string of the molecule is Cc1cc(=O)c(C(=O)N(C)CC2CC2)nn1-c1ccc(Cl)cc1. The van der Waals surface area contributed by atoms with Gasteiger partial charge in [0.25, 0.3) is 5.91 Å². The van der Waals surface area contributed by atoms with Crippen molar-refractivity contribution in [1.29, 1.82) is 0 Å². The first-order valence-corrected chi connectivity index (χ1v) is 7.96. The molecular formula is C17H18ClN3O2. The molecule has 23 heavy (non-hydrogen) atoms. The van der Waals surface area contributed by atoms with E-state index in [1.807, 2.05) is 0 Å². The predicted molar refractivity (Wildman–Crippen MR) is 89.3 cm³/mol. The molecule has 1 aromatic carbocycles. The average Bonchev–Trinajstić information content (AvgIpc) is 3.32. The number of carbonyl (C=O) groups excluding carboxylic acids is 1. The summed E-state index contributed by atoms with van der Waals surface area (Å²) in [4.78, 5) is 26.3. The van der Waals surface area contributed by atoms with Crippen LogP contribution in [-0.2, 0) is 0 Å². The second-order valence-electron chi connectivity index (χ2n) is 6.02. The van der Waals surface area contributed by atoms with Crippen LogP contribution in [0.25, 0.3) is 5.69 Å². The van der Waals surface area contributed by atoms with Crippen molar-refractivity contribution in [2.24, 2.45) is 5.92 Å². The summed E-state index contributed by atoms with van der Waals surface area (Å²) in [6, 6.07) is 8.54. The summed E-state index contributed by atoms with van der Waals surface area (Å²) in [5, 5.41) is 4.91. The lowest BCUT2D eigenvalue weighted by atomic mass is 10.2. The molecule has 0 unspecified atom stereocenters. The van der Waals surface area contributed by atoms with Crippen LogP contribution in [-0.4, -0.2) is 34.2 Å². The summed E-state index contributed by atoms with van der Waals surface area (Å²) in [5.41, 5.74) is 1.03. The van der Waals surface area contributed by atoms with Crippen molar-refractivity contribution >= 4 is 17.5 Å². The maximum absolute atomic E-state index is 12.5. The van der Waals surface area contributed by atoms with Crippen LogP contribution >= 0.6 is 11.6 Å². The van der Waals surface area contributed by atoms with E-state index in [4.69, 9.17) is 11.6 Å². The van der Waals surface area contributed by atoms with Crippen LogP contribution in [0.4, 0.5) is 0 Å². The zero-order chi connectivity index (χ0) is 16.6. The third kappa shape index (κ3) is 3.45. The normalized spacial score (nSPS) is 13.9. The van der Waals surface area contributed by atoms with Gasteiger partial charge in [0.05, 0.1) is 5.69 Å². The number of hydrogen-bond donors (Lipinski definition) is 0. The molecule has 1 aliphatic rings. The van der Waals surface area contributed by atoms with Gasteiger partial charge in [-0.1, -0.05) is 11.6 Å². The molecule has 2 aromatic rings. The second-order valence-corrected chi connectivity index (χ2v) is 6.45. The Morgan fingerprint density at radius 1 is 1.35 bits per heavy atom. The summed E-state index contributed by atoms with van der Waals surface area (Å²) in [6.07, 6.45) is 2.29. The Morgan fingerprint density at radius 3 is 2.61 bits per heavy atom. The number of amides is 1. The largest absolute Gasteiger partial charge is 0.340 e. The van der Waals surface area contributed by atoms with Crippen molar-refractivity contribution < 1.29 is 4.79 Å². The summed E-state index contributed by atoms with van der Waals surface area (Å²) in [6.45, 7) is 2.46. The molecule has 120 valence electrons. The van der Waals surface area contributed by atoms with Gasteiger partial charge in [-0.2, -0.15) is 5.10 Å². The molecule has 0 aliphatic heterocycles. The van der Waals surface area contributed by atoms with Crippen LogP contribution in [0.15, 0.2) is 35.1 Å². The van der Waals surface area contributed by atoms with E-state index in [0.717, 1.165) is 18.5 Å². The maximum Gasteiger partial charge on any atom is 0.278 e. The van der Waals surface area contributed by atoms with Gasteiger partial charge in [0.2, 0.25) is 5.43 Å². The van der Waals surface area contributed by atoms with E-state index in [9.17, 15) is 9.59 Å². The summed E-state index contributed by atoms with van der Waals surface area (Å²) >= 11 is 5.90. The number of halogens is 1. The third-order valence-electron chi connectivity index (χ3n) is 3.96. The molecule has 0 N–H and O–H groups in total. The van der Waals surface area contributed by atoms with Crippen LogP contribution in [0.5, 0.6) is 0 Å². The van der Waals surface area contributed by atoms with Crippen molar-refractivity contribution in [3.05, 3.63) is 57.0 Å². The number of benzene rings is 1. The summed E-state index contributed by atoms with van der Waals surface area (Å²) in [5.74, 6) is 0.234. The van der Waals surface area contributed by atoms with E-state index in [1.165, 1.54) is 6.07 Å². The van der Waals surface area contributed by atoms with Crippen molar-refractivity contribution in [2.45, 2.75) is 19.8 Å². The van der Waals surface area contributed by atoms with Gasteiger partial charge >= 0.3 is 0 Å². The van der Waals surface area contributed by atoms with Gasteiger partial charge in [-0.25, -0.2) is 4.68 Å². The molecule has 1 amide bonds. The lowest BCUT2D eigenvalue weighted by Crippen LogP contribution is -2.34. The lowest BCUT2D eigenvalue weighted by Gasteiger charge is -2.17. The van der Waals surface area contributed by atoms with Gasteiger partial charge in [0, 0.05) is 30.4 Å². The Labute approximate surface area is 139 Å². The van der Waals surface area contributed by atoms with E-state index >= 15 is 0 Å². The van der Waals surface area contributed by atoms with E-state index < -0.39 is 0 Å². The molecule has 6 heteroatoms. The van der Waals surface area contributed by atoms with Crippen molar-refractivity contribution in [2.75, 3.05) is 13.6 Å². The monoisotopic (exact) mass is 331 g/mol. The first-order valence-electron chi connectivity index (χ1n) is 7.58. The van der Waals surface area contributed by atoms with Gasteiger partial charge in [-0.05, 0) is 49.9 Å². The fourth-order valence-electron chi connectivity index (χ4n) is 2.49. The molecule has 0 spiro atoms. The molecule has 0 bridgehead atoms. The van der Waals surface area contributed by atoms with Crippen LogP contribution in [0.3, 0.4) is 0 Å². The predicted octanol–water partition coefficient (Wildman–Crippen LogP) is 2.68. The van der Waals surface area contributed by atoms with E-state index in [2.05, 4.69) is 5.10 Å². The Morgan fingerprint density at radius 2 is 2.00 bits per heavy atom. The number of nitrogens with zero attached hydrogens (tertiary/aromatic N) is 3. The summed E-state index contributed by atoms with van der Waals surface area (Å²) < 4.78 is 1.59. The zero-order valence-corrected chi connectivity index (χ0v) is 13.9. The van der Waals surface area contributed by atoms with Gasteiger partial charge in [0.1, 0.15) is 0 Å². The number of aryl methyl sites for hydroxylation is 1. The fourth-order valence-corrected chi connectivity index (χ4v) is 2.62. The minimum absolute atomic E-state index is 0.0475. The Hall–Kier alpha value is -2.14. The lowest BCUT2D eigenvalue weighted by molar-refractivity contribution is 0.0779. The Bertz CT molecular complexity index is 794. The number of carbonyl (C=O) groups is 1. The van der Waals surface area contributed by atoms with E-state index in [1.54, 1.807) is 47.8 Å². The van der Waals surface area contributed by atoms with Crippen LogP contribution < -0.4 is 5.43 Å². The van der Waals surface area contributed by atoms with E-state index in [0.29, 0.717) is 23.2 Å². The summed E-state index contributed by atoms with van der Waals surface area (Å²) in [7, 11) is 1.72. The second kappa shape index (κ2) is 6.16. The molecule has 3 rings (SSSR count). The molecular weight excluding hydrogens is 314 g/mol. The van der Waals surface area contributed by atoms with Crippen LogP contribution in [0.2, 0.25) is 5.02 Å². The van der Waals surface area contributed by atoms with Crippen LogP contribution in [0, 0.1) is 12.8 Å². The van der Waals surface area contributed by atoms with Gasteiger partial charge < -0.3 is 4.90 Å². The fraction of sp³-hybridized carbons (Fsp3) is 0.353. The highest BCUT2D eigenvalue weighted by Crippen LogP contribution is 2.29. The first kappa shape index (κ1) is 15.7. The molecule has 0 atom stereocenters. The van der Waals surface area contributed by atoms with Crippen molar-refractivity contribution in [1.82, 2.24) is 14.7 Å². The zero-order valence-electron chi connectivity index (χ0n) is 13.1. The number of rotatable bonds is 4. The molecule has 0 saturated heterocycles. The van der Waals surface area contributed by atoms with Crippen molar-refractivity contribution in [3.63, 3.8) is 0 Å². The molecule has 0 radical (unpaired) electrons. The molecule has 1 aromatic heterocycles. The molecule has 1 fully saturated rings. The molecule has 5 nitrogen and oxygen atoms in total. The highest BCUT2D eigenvalue weighted by molar-refractivity contribution is 6.30. The Balaban J connectivity index is 1.97. The third-order valence-corrected chi connectivity index (χ3v) is 4.21. The standard InChI is InChI=1S/C17H18ClN3O2/c1-11-9-15(22)16(17(23)20(2)10-12-3-4-12)19-21(11)14-7-5-13(18)6-8-14/h5-9,12H,3-4,10H2,1-2H3. The maximum atomic E-state index is 12.5. The number of hydrogen-bond acceptors (Lipinski definition) is 3. The highest BCUT2D eigenvalue weighted by atomic mass is 35.5. The Kier molecular flexibility index (Phi) is 4.22. The van der Waals surface area contributed by atoms with Gasteiger partial charge in [-0.15, -0.1) is 0 Å². The smallest absolute Gasteiger partial charge is 0.278 e. The van der Waals surface area contributed by atoms with Gasteiger partial charge in [0.15, 0.2) is 5.69 Å². The van der Waals surface area contributed by atoms with Crippen molar-refractivity contribution in [3.8, 4) is 5.69 Å². The highest BCUT2D eigenvalue weighted by Gasteiger charge is 2.27. The van der Waals surface area contributed by atoms with Gasteiger partial charge in [-0.3, -0.25) is 9.59 Å². The number of aromatic nitrogens is 2. The minimum atomic E-state index is -0.347. The van der Waals surface area contributed by atoms with Crippen LogP contribution in [0.1, 0.15) is 29.0 Å². The van der Waals surface area contributed by atoms with E-state index in [-0.39, 0.29) is 17.0 Å². The molecule has 1 saturated carbocycles. The molecule has 1 aliphatic carbocycles. The minimum Gasteiger partial charge on any atom is -0.340 e. The molecule has 1 heterocycles.